The van der Waals surface area contributed by atoms with Gasteiger partial charge in [-0.3, -0.25) is 19.2 Å². The van der Waals surface area contributed by atoms with E-state index in [9.17, 15) is 9.59 Å². The van der Waals surface area contributed by atoms with Gasteiger partial charge in [-0.1, -0.05) is 24.7 Å². The molecule has 1 aliphatic heterocycles. The van der Waals surface area contributed by atoms with E-state index in [1.54, 1.807) is 11.0 Å². The van der Waals surface area contributed by atoms with Gasteiger partial charge in [0.25, 0.3) is 5.91 Å². The zero-order valence-corrected chi connectivity index (χ0v) is 11.5. The molecule has 1 fully saturated rings. The lowest BCUT2D eigenvalue weighted by molar-refractivity contribution is -0.135. The van der Waals surface area contributed by atoms with Crippen molar-refractivity contribution in [2.75, 3.05) is 32.7 Å². The van der Waals surface area contributed by atoms with Gasteiger partial charge in [0, 0.05) is 36.7 Å². The van der Waals surface area contributed by atoms with E-state index in [1.807, 2.05) is 6.92 Å². The van der Waals surface area contributed by atoms with Gasteiger partial charge in [-0.25, -0.2) is 0 Å². The van der Waals surface area contributed by atoms with Crippen molar-refractivity contribution in [3.05, 3.63) is 12.2 Å². The minimum Gasteiger partial charge on any atom is -0.337 e. The molecular weight excluding hydrogens is 258 g/mol. The zero-order chi connectivity index (χ0) is 12.7. The van der Waals surface area contributed by atoms with E-state index in [4.69, 9.17) is 0 Å². The van der Waals surface area contributed by atoms with Gasteiger partial charge in [0.1, 0.15) is 0 Å². The van der Waals surface area contributed by atoms with Gasteiger partial charge in [0.15, 0.2) is 0 Å². The van der Waals surface area contributed by atoms with Crippen molar-refractivity contribution in [2.24, 2.45) is 0 Å². The lowest BCUT2D eigenvalue weighted by atomic mass is 10.3. The molecule has 0 aromatic heterocycles. The van der Waals surface area contributed by atoms with Crippen LogP contribution in [-0.4, -0.2) is 54.3 Å². The Morgan fingerprint density at radius 1 is 1.59 bits per heavy atom. The Kier molecular flexibility index (Phi) is 6.46. The first-order chi connectivity index (χ1) is 8.17. The second-order valence-electron chi connectivity index (χ2n) is 3.67. The summed E-state index contributed by atoms with van der Waals surface area (Å²) in [5, 5.41) is 0. The molecule has 0 bridgehead atoms. The average Bonchev–Trinajstić information content (AvgIpc) is 2.31. The van der Waals surface area contributed by atoms with E-state index in [1.165, 1.54) is 6.08 Å². The van der Waals surface area contributed by atoms with Gasteiger partial charge in [-0.2, -0.15) is 0 Å². The Morgan fingerprint density at radius 3 is 2.94 bits per heavy atom. The van der Waals surface area contributed by atoms with Crippen LogP contribution in [0.1, 0.15) is 6.92 Å². The van der Waals surface area contributed by atoms with E-state index < -0.39 is 0 Å². The Labute approximate surface area is 111 Å². The zero-order valence-electron chi connectivity index (χ0n) is 9.76. The highest BCUT2D eigenvalue weighted by Gasteiger charge is 2.21. The fourth-order valence-corrected chi connectivity index (χ4v) is 2.01. The Balaban J connectivity index is 2.33. The average molecular weight is 275 g/mol. The molecule has 0 atom stereocenters. The second-order valence-corrected chi connectivity index (χ2v) is 4.60. The summed E-state index contributed by atoms with van der Waals surface area (Å²) in [6, 6.07) is 0. The fourth-order valence-electron chi connectivity index (χ4n) is 1.59. The quantitative estimate of drug-likeness (QED) is 0.328. The number of thiol groups is 1. The topological polar surface area (TPSA) is 52.6 Å². The molecule has 0 unspecified atom stereocenters. The second kappa shape index (κ2) is 7.62. The molecule has 96 valence electrons. The summed E-state index contributed by atoms with van der Waals surface area (Å²) in [5.41, 5.74) is 0. The molecule has 1 heterocycles. The van der Waals surface area contributed by atoms with E-state index in [0.717, 1.165) is 30.6 Å². The molecule has 2 amide bonds. The van der Waals surface area contributed by atoms with Crippen LogP contribution < -0.4 is 4.72 Å². The van der Waals surface area contributed by atoms with Crippen LogP contribution in [0.2, 0.25) is 0 Å². The van der Waals surface area contributed by atoms with Gasteiger partial charge in [-0.05, 0) is 6.54 Å². The summed E-state index contributed by atoms with van der Waals surface area (Å²) in [6.07, 6.45) is 3.11. The summed E-state index contributed by atoms with van der Waals surface area (Å²) >= 11 is 3.80. The number of carbonyl (C=O) groups is 2. The van der Waals surface area contributed by atoms with Gasteiger partial charge in [0.2, 0.25) is 5.91 Å². The Hall–Kier alpha value is -0.660. The van der Waals surface area contributed by atoms with Crippen LogP contribution >= 0.6 is 22.6 Å². The number of hydrogen-bond donors (Lipinski definition) is 2. The number of nitrogens with one attached hydrogen (secondary N) is 1. The SMILES string of the molecule is CCN1CCN(C/C=C/C(=O)NSS)C(=O)C1. The molecule has 1 rings (SSSR count). The molecule has 1 saturated heterocycles. The summed E-state index contributed by atoms with van der Waals surface area (Å²) in [5.74, 6) is -0.101. The van der Waals surface area contributed by atoms with Crippen LogP contribution in [-0.2, 0) is 9.59 Å². The Bertz CT molecular complexity index is 310. The van der Waals surface area contributed by atoms with Gasteiger partial charge in [-0.15, -0.1) is 0 Å². The third kappa shape index (κ3) is 5.01. The maximum absolute atomic E-state index is 11.7. The smallest absolute Gasteiger partial charge is 0.254 e. The maximum Gasteiger partial charge on any atom is 0.254 e. The van der Waals surface area contributed by atoms with E-state index >= 15 is 0 Å². The van der Waals surface area contributed by atoms with Crippen LogP contribution in [0, 0.1) is 0 Å². The molecule has 17 heavy (non-hydrogen) atoms. The summed E-state index contributed by atoms with van der Waals surface area (Å²) in [4.78, 5) is 26.6. The van der Waals surface area contributed by atoms with Gasteiger partial charge < -0.3 is 4.90 Å². The van der Waals surface area contributed by atoms with Crippen molar-refractivity contribution in [1.82, 2.24) is 14.5 Å². The van der Waals surface area contributed by atoms with Crippen molar-refractivity contribution in [1.29, 1.82) is 0 Å². The van der Waals surface area contributed by atoms with E-state index in [2.05, 4.69) is 21.3 Å². The molecule has 0 aliphatic carbocycles. The maximum atomic E-state index is 11.7. The standard InChI is InChI=1S/C10H17N3O2S2/c1-2-12-6-7-13(10(15)8-12)5-3-4-9(14)11-17-16/h3-4,16H,2,5-8H2,1H3,(H,11,14)/b4-3+. The normalized spacial score (nSPS) is 17.8. The van der Waals surface area contributed by atoms with Crippen LogP contribution in [0.5, 0.6) is 0 Å². The first-order valence-corrected chi connectivity index (χ1v) is 7.31. The number of carbonyl (C=O) groups excluding carboxylic acids is 2. The Morgan fingerprint density at radius 2 is 2.35 bits per heavy atom. The largest absolute Gasteiger partial charge is 0.337 e. The molecular formula is C10H17N3O2S2. The van der Waals surface area contributed by atoms with Crippen molar-refractivity contribution in [3.63, 3.8) is 0 Å². The van der Waals surface area contributed by atoms with Crippen molar-refractivity contribution in [2.45, 2.75) is 6.92 Å². The number of rotatable bonds is 5. The number of likely N-dealkylation sites (N-methyl/N-ethyl adjacent to an activating group) is 1. The predicted molar refractivity (Wildman–Crippen MR) is 72.6 cm³/mol. The summed E-state index contributed by atoms with van der Waals surface area (Å²) < 4.78 is 2.45. The molecule has 0 aromatic carbocycles. The number of piperazine rings is 1. The number of hydrogen-bond acceptors (Lipinski definition) is 5. The monoisotopic (exact) mass is 275 g/mol. The molecule has 0 aromatic rings. The van der Waals surface area contributed by atoms with Crippen LogP contribution in [0.25, 0.3) is 0 Å². The molecule has 7 heteroatoms. The third-order valence-corrected chi connectivity index (χ3v) is 3.15. The highest BCUT2D eigenvalue weighted by Crippen LogP contribution is 2.03. The van der Waals surface area contributed by atoms with Gasteiger partial charge in [0.05, 0.1) is 6.54 Å². The van der Waals surface area contributed by atoms with Crippen molar-refractivity contribution in [3.8, 4) is 0 Å². The van der Waals surface area contributed by atoms with Crippen LogP contribution in [0.4, 0.5) is 0 Å². The number of amides is 2. The summed E-state index contributed by atoms with van der Waals surface area (Å²) in [6.45, 7) is 5.53. The van der Waals surface area contributed by atoms with Crippen molar-refractivity contribution < 1.29 is 9.59 Å². The molecule has 0 spiro atoms. The molecule has 0 radical (unpaired) electrons. The minimum atomic E-state index is -0.218. The lowest BCUT2D eigenvalue weighted by Crippen LogP contribution is -2.50. The summed E-state index contributed by atoms with van der Waals surface area (Å²) in [7, 11) is 0.956. The molecule has 1 aliphatic rings. The van der Waals surface area contributed by atoms with Crippen molar-refractivity contribution >= 4 is 34.5 Å². The molecule has 1 N–H and O–H groups in total. The van der Waals surface area contributed by atoms with Crippen LogP contribution in [0.15, 0.2) is 12.2 Å². The van der Waals surface area contributed by atoms with E-state index in [-0.39, 0.29) is 11.8 Å². The predicted octanol–water partition coefficient (Wildman–Crippen LogP) is 0.316. The highest BCUT2D eigenvalue weighted by molar-refractivity contribution is 8.68. The molecule has 0 saturated carbocycles. The number of nitrogens with zero attached hydrogens (tertiary/aromatic N) is 2. The third-order valence-electron chi connectivity index (χ3n) is 2.59. The first kappa shape index (κ1) is 14.4. The highest BCUT2D eigenvalue weighted by atomic mass is 33.1. The first-order valence-electron chi connectivity index (χ1n) is 5.44. The molecule has 5 nitrogen and oxygen atoms in total. The van der Waals surface area contributed by atoms with Crippen LogP contribution in [0.3, 0.4) is 0 Å². The minimum absolute atomic E-state index is 0.117. The van der Waals surface area contributed by atoms with E-state index in [0.29, 0.717) is 13.1 Å². The van der Waals surface area contributed by atoms with Gasteiger partial charge >= 0.3 is 0 Å². The lowest BCUT2D eigenvalue weighted by Gasteiger charge is -2.32. The fraction of sp³-hybridized carbons (Fsp3) is 0.600.